The molecule has 2 amide bonds. The number of anilines is 1. The van der Waals surface area contributed by atoms with Gasteiger partial charge in [-0.25, -0.2) is 4.79 Å². The molecule has 1 heterocycles. The third-order valence-corrected chi connectivity index (χ3v) is 2.66. The van der Waals surface area contributed by atoms with Crippen LogP contribution in [0.5, 0.6) is 11.5 Å². The smallest absolute Gasteiger partial charge is 0.319 e. The van der Waals surface area contributed by atoms with Gasteiger partial charge in [0.05, 0.1) is 32.7 Å². The minimum atomic E-state index is -0.354. The van der Waals surface area contributed by atoms with Crippen molar-refractivity contribution in [3.05, 3.63) is 42.4 Å². The van der Waals surface area contributed by atoms with Gasteiger partial charge in [0.1, 0.15) is 17.3 Å². The van der Waals surface area contributed by atoms with Crippen LogP contribution in [0.15, 0.2) is 41.0 Å². The number of benzene rings is 1. The number of hydrogen-bond donors (Lipinski definition) is 2. The largest absolute Gasteiger partial charge is 0.497 e. The number of urea groups is 1. The Balaban J connectivity index is 1.99. The second-order valence-electron chi connectivity index (χ2n) is 3.95. The van der Waals surface area contributed by atoms with Crippen LogP contribution in [0.3, 0.4) is 0 Å². The van der Waals surface area contributed by atoms with Gasteiger partial charge in [0.15, 0.2) is 0 Å². The summed E-state index contributed by atoms with van der Waals surface area (Å²) in [6.07, 6.45) is 1.56. The monoisotopic (exact) mass is 276 g/mol. The van der Waals surface area contributed by atoms with E-state index in [4.69, 9.17) is 13.9 Å². The first-order chi connectivity index (χ1) is 9.72. The number of nitrogens with one attached hydrogen (secondary N) is 2. The lowest BCUT2D eigenvalue weighted by Crippen LogP contribution is -2.28. The zero-order valence-electron chi connectivity index (χ0n) is 11.3. The summed E-state index contributed by atoms with van der Waals surface area (Å²) >= 11 is 0. The van der Waals surface area contributed by atoms with Gasteiger partial charge in [-0.05, 0) is 24.3 Å². The van der Waals surface area contributed by atoms with E-state index in [1.807, 2.05) is 0 Å². The van der Waals surface area contributed by atoms with E-state index in [1.54, 1.807) is 43.7 Å². The summed E-state index contributed by atoms with van der Waals surface area (Å²) in [4.78, 5) is 11.8. The number of methoxy groups -OCH3 is 2. The number of hydrogen-bond acceptors (Lipinski definition) is 4. The molecule has 2 aromatic rings. The van der Waals surface area contributed by atoms with Crippen molar-refractivity contribution in [1.82, 2.24) is 5.32 Å². The quantitative estimate of drug-likeness (QED) is 0.880. The van der Waals surface area contributed by atoms with Gasteiger partial charge in [-0.2, -0.15) is 0 Å². The highest BCUT2D eigenvalue weighted by Crippen LogP contribution is 2.28. The third kappa shape index (κ3) is 3.44. The topological polar surface area (TPSA) is 72.7 Å². The molecule has 0 saturated carbocycles. The Kier molecular flexibility index (Phi) is 4.49. The molecule has 1 aromatic carbocycles. The third-order valence-electron chi connectivity index (χ3n) is 2.66. The molecule has 2 N–H and O–H groups in total. The van der Waals surface area contributed by atoms with E-state index in [2.05, 4.69) is 10.6 Å². The van der Waals surface area contributed by atoms with Crippen LogP contribution in [0.4, 0.5) is 10.5 Å². The highest BCUT2D eigenvalue weighted by atomic mass is 16.5. The van der Waals surface area contributed by atoms with Crippen molar-refractivity contribution >= 4 is 11.7 Å². The van der Waals surface area contributed by atoms with Gasteiger partial charge in [-0.3, -0.25) is 0 Å². The molecule has 106 valence electrons. The standard InChI is InChI=1S/C14H16N2O4/c1-18-10-5-6-13(19-2)12(8-10)16-14(17)15-9-11-4-3-7-20-11/h3-8H,9H2,1-2H3,(H2,15,16,17). The SMILES string of the molecule is COc1ccc(OC)c(NC(=O)NCc2ccco2)c1. The fraction of sp³-hybridized carbons (Fsp3) is 0.214. The second-order valence-corrected chi connectivity index (χ2v) is 3.95. The summed E-state index contributed by atoms with van der Waals surface area (Å²) in [5.74, 6) is 1.86. The number of furan rings is 1. The minimum absolute atomic E-state index is 0.311. The Morgan fingerprint density at radius 3 is 2.75 bits per heavy atom. The number of ether oxygens (including phenoxy) is 2. The number of carbonyl (C=O) groups excluding carboxylic acids is 1. The molecular formula is C14H16N2O4. The number of amides is 2. The van der Waals surface area contributed by atoms with Crippen molar-refractivity contribution in [2.45, 2.75) is 6.54 Å². The average Bonchev–Trinajstić information content (AvgIpc) is 2.98. The number of carbonyl (C=O) groups is 1. The van der Waals surface area contributed by atoms with Crippen molar-refractivity contribution in [3.8, 4) is 11.5 Å². The molecule has 2 rings (SSSR count). The Labute approximate surface area is 116 Å². The van der Waals surface area contributed by atoms with Crippen LogP contribution < -0.4 is 20.1 Å². The first kappa shape index (κ1) is 13.8. The van der Waals surface area contributed by atoms with Crippen LogP contribution in [0.25, 0.3) is 0 Å². The summed E-state index contributed by atoms with van der Waals surface area (Å²) in [7, 11) is 3.09. The van der Waals surface area contributed by atoms with Crippen LogP contribution in [0.2, 0.25) is 0 Å². The van der Waals surface area contributed by atoms with E-state index in [0.29, 0.717) is 29.5 Å². The number of rotatable bonds is 5. The Hall–Kier alpha value is -2.63. The van der Waals surface area contributed by atoms with Crippen molar-refractivity contribution in [2.24, 2.45) is 0 Å². The molecule has 6 heteroatoms. The van der Waals surface area contributed by atoms with Crippen molar-refractivity contribution in [3.63, 3.8) is 0 Å². The average molecular weight is 276 g/mol. The molecular weight excluding hydrogens is 260 g/mol. The van der Waals surface area contributed by atoms with Crippen LogP contribution >= 0.6 is 0 Å². The lowest BCUT2D eigenvalue weighted by atomic mass is 10.2. The highest BCUT2D eigenvalue weighted by Gasteiger charge is 2.09. The molecule has 0 bridgehead atoms. The van der Waals surface area contributed by atoms with Gasteiger partial charge in [-0.1, -0.05) is 0 Å². The molecule has 0 spiro atoms. The van der Waals surface area contributed by atoms with Crippen LogP contribution in [-0.2, 0) is 6.54 Å². The molecule has 0 fully saturated rings. The maximum atomic E-state index is 11.8. The summed E-state index contributed by atoms with van der Waals surface area (Å²) < 4.78 is 15.4. The second kappa shape index (κ2) is 6.51. The van der Waals surface area contributed by atoms with Gasteiger partial charge < -0.3 is 24.5 Å². The first-order valence-corrected chi connectivity index (χ1v) is 6.02. The van der Waals surface area contributed by atoms with Crippen molar-refractivity contribution in [1.29, 1.82) is 0 Å². The minimum Gasteiger partial charge on any atom is -0.497 e. The molecule has 0 aliphatic rings. The highest BCUT2D eigenvalue weighted by molar-refractivity contribution is 5.91. The molecule has 6 nitrogen and oxygen atoms in total. The fourth-order valence-corrected chi connectivity index (χ4v) is 1.66. The summed E-state index contributed by atoms with van der Waals surface area (Å²) in [5, 5.41) is 5.38. The normalized spacial score (nSPS) is 9.90. The molecule has 0 aliphatic heterocycles. The van der Waals surface area contributed by atoms with Crippen molar-refractivity contribution in [2.75, 3.05) is 19.5 Å². The Bertz CT molecular complexity index is 567. The molecule has 20 heavy (non-hydrogen) atoms. The predicted octanol–water partition coefficient (Wildman–Crippen LogP) is 2.62. The maximum absolute atomic E-state index is 11.8. The predicted molar refractivity (Wildman–Crippen MR) is 74.1 cm³/mol. The molecule has 0 radical (unpaired) electrons. The maximum Gasteiger partial charge on any atom is 0.319 e. The van der Waals surface area contributed by atoms with Crippen molar-refractivity contribution < 1.29 is 18.7 Å². The van der Waals surface area contributed by atoms with E-state index in [1.165, 1.54) is 7.11 Å². The first-order valence-electron chi connectivity index (χ1n) is 6.02. The molecule has 0 aliphatic carbocycles. The van der Waals surface area contributed by atoms with Gasteiger partial charge in [0.25, 0.3) is 0 Å². The van der Waals surface area contributed by atoms with Gasteiger partial charge in [0.2, 0.25) is 0 Å². The fourth-order valence-electron chi connectivity index (χ4n) is 1.66. The van der Waals surface area contributed by atoms with Crippen LogP contribution in [-0.4, -0.2) is 20.3 Å². The molecule has 0 saturated heterocycles. The molecule has 1 aromatic heterocycles. The van der Waals surface area contributed by atoms with E-state index < -0.39 is 0 Å². The zero-order valence-corrected chi connectivity index (χ0v) is 11.3. The van der Waals surface area contributed by atoms with Gasteiger partial charge in [-0.15, -0.1) is 0 Å². The van der Waals surface area contributed by atoms with E-state index >= 15 is 0 Å². The van der Waals surface area contributed by atoms with Crippen LogP contribution in [0.1, 0.15) is 5.76 Å². The van der Waals surface area contributed by atoms with E-state index in [0.717, 1.165) is 0 Å². The Morgan fingerprint density at radius 1 is 1.25 bits per heavy atom. The molecule has 0 atom stereocenters. The summed E-state index contributed by atoms with van der Waals surface area (Å²) in [5.41, 5.74) is 0.531. The summed E-state index contributed by atoms with van der Waals surface area (Å²) in [6, 6.07) is 8.36. The summed E-state index contributed by atoms with van der Waals surface area (Å²) in [6.45, 7) is 0.311. The molecule has 0 unspecified atom stereocenters. The van der Waals surface area contributed by atoms with E-state index in [-0.39, 0.29) is 6.03 Å². The van der Waals surface area contributed by atoms with Gasteiger partial charge in [0, 0.05) is 6.07 Å². The Morgan fingerprint density at radius 2 is 2.10 bits per heavy atom. The van der Waals surface area contributed by atoms with Gasteiger partial charge >= 0.3 is 6.03 Å². The van der Waals surface area contributed by atoms with Crippen LogP contribution in [0, 0.1) is 0 Å². The van der Waals surface area contributed by atoms with E-state index in [9.17, 15) is 4.79 Å². The lowest BCUT2D eigenvalue weighted by Gasteiger charge is -2.12. The lowest BCUT2D eigenvalue weighted by molar-refractivity contribution is 0.250. The zero-order chi connectivity index (χ0) is 14.4.